The topological polar surface area (TPSA) is 48.3 Å². The van der Waals surface area contributed by atoms with Crippen LogP contribution >= 0.6 is 11.8 Å². The first-order valence-corrected chi connectivity index (χ1v) is 11.0. The van der Waals surface area contributed by atoms with E-state index < -0.39 is 34.2 Å². The Morgan fingerprint density at radius 3 is 2.48 bits per heavy atom. The number of fused-ring (bicyclic) bond motifs is 3. The molecule has 4 aromatic rings. The summed E-state index contributed by atoms with van der Waals surface area (Å²) < 4.78 is 49.8. The van der Waals surface area contributed by atoms with Crippen LogP contribution in [0.25, 0.3) is 22.0 Å². The lowest BCUT2D eigenvalue weighted by molar-refractivity contribution is 0.0518. The highest BCUT2D eigenvalue weighted by atomic mass is 32.2. The van der Waals surface area contributed by atoms with Gasteiger partial charge in [-0.2, -0.15) is 0 Å². The van der Waals surface area contributed by atoms with E-state index in [1.165, 1.54) is 12.1 Å². The van der Waals surface area contributed by atoms with E-state index in [0.29, 0.717) is 16.1 Å². The van der Waals surface area contributed by atoms with Crippen molar-refractivity contribution in [1.29, 1.82) is 0 Å². The fourth-order valence-electron chi connectivity index (χ4n) is 3.99. The van der Waals surface area contributed by atoms with Crippen LogP contribution in [-0.4, -0.2) is 17.1 Å². The lowest BCUT2D eigenvalue weighted by Gasteiger charge is -2.36. The quantitative estimate of drug-likeness (QED) is 0.350. The summed E-state index contributed by atoms with van der Waals surface area (Å²) in [6.45, 7) is 1.66. The molecular formula is C25H16F3NO3S. The Morgan fingerprint density at radius 2 is 1.79 bits per heavy atom. The van der Waals surface area contributed by atoms with Crippen LogP contribution in [0.1, 0.15) is 28.2 Å². The van der Waals surface area contributed by atoms with Crippen LogP contribution in [0.5, 0.6) is 0 Å². The number of aromatic nitrogens is 1. The van der Waals surface area contributed by atoms with E-state index >= 15 is 4.39 Å². The number of halogens is 3. The molecule has 2 heterocycles. The number of rotatable bonds is 4. The molecule has 0 fully saturated rings. The number of hydrogen-bond acceptors (Lipinski definition) is 4. The third kappa shape index (κ3) is 3.41. The average molecular weight is 467 g/mol. The predicted molar refractivity (Wildman–Crippen MR) is 120 cm³/mol. The number of ether oxygens (including phenoxy) is 1. The summed E-state index contributed by atoms with van der Waals surface area (Å²) in [6.07, 6.45) is 0. The molecule has 1 aliphatic rings. The van der Waals surface area contributed by atoms with Gasteiger partial charge < -0.3 is 9.30 Å². The molecule has 1 atom stereocenters. The summed E-state index contributed by atoms with van der Waals surface area (Å²) in [4.78, 5) is 25.8. The molecule has 166 valence electrons. The molecule has 4 nitrogen and oxygen atoms in total. The van der Waals surface area contributed by atoms with E-state index in [4.69, 9.17) is 4.74 Å². The lowest BCUT2D eigenvalue weighted by Crippen LogP contribution is -2.31. The summed E-state index contributed by atoms with van der Waals surface area (Å²) >= 11 is 1.09. The van der Waals surface area contributed by atoms with Crippen LogP contribution in [0, 0.1) is 17.5 Å². The fraction of sp³-hybridized carbons (Fsp3) is 0.120. The van der Waals surface area contributed by atoms with Crippen molar-refractivity contribution in [2.24, 2.45) is 0 Å². The molecule has 1 unspecified atom stereocenters. The molecule has 1 aromatic heterocycles. The molecule has 0 saturated carbocycles. The molecule has 0 bridgehead atoms. The summed E-state index contributed by atoms with van der Waals surface area (Å²) in [7, 11) is 0. The van der Waals surface area contributed by atoms with E-state index in [9.17, 15) is 18.4 Å². The second-order valence-corrected chi connectivity index (χ2v) is 8.52. The molecule has 3 aromatic carbocycles. The molecule has 0 radical (unpaired) electrons. The van der Waals surface area contributed by atoms with Crippen LogP contribution in [0.3, 0.4) is 0 Å². The second-order valence-electron chi connectivity index (χ2n) is 7.45. The zero-order valence-corrected chi connectivity index (χ0v) is 18.1. The van der Waals surface area contributed by atoms with Gasteiger partial charge in [0.25, 0.3) is 0 Å². The third-order valence-corrected chi connectivity index (χ3v) is 6.81. The van der Waals surface area contributed by atoms with Crippen molar-refractivity contribution >= 4 is 28.6 Å². The zero-order chi connectivity index (χ0) is 23.3. The minimum atomic E-state index is -0.828. The normalized spacial score (nSPS) is 14.6. The van der Waals surface area contributed by atoms with Gasteiger partial charge in [-0.05, 0) is 30.7 Å². The molecular weight excluding hydrogens is 451 g/mol. The van der Waals surface area contributed by atoms with Crippen molar-refractivity contribution in [3.05, 3.63) is 99.5 Å². The smallest absolute Gasteiger partial charge is 0.344 e. The lowest BCUT2D eigenvalue weighted by atomic mass is 10.0. The highest BCUT2D eigenvalue weighted by Gasteiger charge is 2.38. The number of carbonyl (C=O) groups excluding carboxylic acids is 1. The van der Waals surface area contributed by atoms with Gasteiger partial charge in [-0.25, -0.2) is 18.0 Å². The monoisotopic (exact) mass is 467 g/mol. The van der Waals surface area contributed by atoms with E-state index in [-0.39, 0.29) is 28.7 Å². The van der Waals surface area contributed by atoms with E-state index in [0.717, 1.165) is 30.0 Å². The maximum Gasteiger partial charge on any atom is 0.344 e. The van der Waals surface area contributed by atoms with Gasteiger partial charge in [-0.15, -0.1) is 0 Å². The SMILES string of the molecule is CCOC(=O)c1c2n(c3cc(-c4ccccc4)c(F)cc3c1=O)C(c1ccc(F)cc1F)S2. The van der Waals surface area contributed by atoms with Gasteiger partial charge in [-0.1, -0.05) is 48.2 Å². The molecule has 0 N–H and O–H groups in total. The van der Waals surface area contributed by atoms with Crippen molar-refractivity contribution in [3.63, 3.8) is 0 Å². The van der Waals surface area contributed by atoms with Gasteiger partial charge in [0.1, 0.15) is 28.4 Å². The maximum absolute atomic E-state index is 15.1. The van der Waals surface area contributed by atoms with Crippen LogP contribution in [0.2, 0.25) is 0 Å². The minimum absolute atomic E-state index is 0.0215. The summed E-state index contributed by atoms with van der Waals surface area (Å²) in [5.41, 5.74) is 0.509. The first-order chi connectivity index (χ1) is 15.9. The number of benzene rings is 3. The van der Waals surface area contributed by atoms with Crippen molar-refractivity contribution in [2.45, 2.75) is 17.3 Å². The summed E-state index contributed by atoms with van der Waals surface area (Å²) in [5, 5.41) is -0.400. The molecule has 0 aliphatic carbocycles. The minimum Gasteiger partial charge on any atom is -0.462 e. The Bertz CT molecular complexity index is 1480. The van der Waals surface area contributed by atoms with Gasteiger partial charge in [0.2, 0.25) is 5.43 Å². The highest BCUT2D eigenvalue weighted by molar-refractivity contribution is 8.00. The average Bonchev–Trinajstić information content (AvgIpc) is 2.77. The zero-order valence-electron chi connectivity index (χ0n) is 17.3. The van der Waals surface area contributed by atoms with E-state index in [1.54, 1.807) is 41.8 Å². The number of pyridine rings is 1. The fourth-order valence-corrected chi connectivity index (χ4v) is 5.29. The first kappa shape index (κ1) is 21.3. The van der Waals surface area contributed by atoms with Crippen molar-refractivity contribution in [3.8, 4) is 11.1 Å². The Balaban J connectivity index is 1.81. The Hall–Kier alpha value is -3.52. The second kappa shape index (κ2) is 8.12. The molecule has 1 aliphatic heterocycles. The summed E-state index contributed by atoms with van der Waals surface area (Å²) in [6, 6.07) is 14.7. The number of nitrogens with zero attached hydrogens (tertiary/aromatic N) is 1. The number of esters is 1. The standard InChI is InChI=1S/C25H16F3NO3S/c1-2-32-25(31)21-22(30)17-11-19(28)16(13-6-4-3-5-7-13)12-20(17)29-23(33-24(21)29)15-9-8-14(26)10-18(15)27/h3-12,23H,2H2,1H3. The molecule has 5 rings (SSSR count). The largest absolute Gasteiger partial charge is 0.462 e. The van der Waals surface area contributed by atoms with Crippen molar-refractivity contribution in [1.82, 2.24) is 4.57 Å². The van der Waals surface area contributed by atoms with Gasteiger partial charge in [0.05, 0.1) is 17.1 Å². The van der Waals surface area contributed by atoms with Crippen LogP contribution in [-0.2, 0) is 4.74 Å². The molecule has 0 amide bonds. The number of thioether (sulfide) groups is 1. The molecule has 33 heavy (non-hydrogen) atoms. The van der Waals surface area contributed by atoms with Crippen LogP contribution < -0.4 is 5.43 Å². The number of carbonyl (C=O) groups is 1. The van der Waals surface area contributed by atoms with E-state index in [1.807, 2.05) is 0 Å². The van der Waals surface area contributed by atoms with Gasteiger partial charge in [-0.3, -0.25) is 4.79 Å². The predicted octanol–water partition coefficient (Wildman–Crippen LogP) is 5.92. The molecule has 0 spiro atoms. The Labute approximate surface area is 190 Å². The van der Waals surface area contributed by atoms with Gasteiger partial charge in [0.15, 0.2) is 0 Å². The molecule has 8 heteroatoms. The maximum atomic E-state index is 15.1. The van der Waals surface area contributed by atoms with Gasteiger partial charge in [0, 0.05) is 22.6 Å². The van der Waals surface area contributed by atoms with Crippen molar-refractivity contribution in [2.75, 3.05) is 6.61 Å². The van der Waals surface area contributed by atoms with E-state index in [2.05, 4.69) is 0 Å². The highest BCUT2D eigenvalue weighted by Crippen LogP contribution is 2.51. The van der Waals surface area contributed by atoms with Crippen LogP contribution in [0.15, 0.2) is 70.5 Å². The van der Waals surface area contributed by atoms with Gasteiger partial charge >= 0.3 is 5.97 Å². The molecule has 0 saturated heterocycles. The van der Waals surface area contributed by atoms with Crippen LogP contribution in [0.4, 0.5) is 13.2 Å². The number of hydrogen-bond donors (Lipinski definition) is 0. The third-order valence-electron chi connectivity index (χ3n) is 5.50. The Kier molecular flexibility index (Phi) is 5.25. The first-order valence-electron chi connectivity index (χ1n) is 10.2. The Morgan fingerprint density at radius 1 is 1.03 bits per heavy atom. The summed E-state index contributed by atoms with van der Waals surface area (Å²) in [5.74, 6) is -2.93. The van der Waals surface area contributed by atoms with Crippen molar-refractivity contribution < 1.29 is 22.7 Å².